The minimum Gasteiger partial charge on any atom is -0.362 e. The lowest BCUT2D eigenvalue weighted by atomic mass is 10.1. The molecule has 1 aromatic heterocycles. The Morgan fingerprint density at radius 2 is 1.64 bits per heavy atom. The summed E-state index contributed by atoms with van der Waals surface area (Å²) in [5.74, 6) is -0.121. The maximum absolute atomic E-state index is 10.8. The number of hydrogen-bond donors (Lipinski definition) is 2. The van der Waals surface area contributed by atoms with E-state index >= 15 is 0 Å². The van der Waals surface area contributed by atoms with Gasteiger partial charge in [-0.1, -0.05) is 83.9 Å². The average molecular weight is 458 g/mol. The van der Waals surface area contributed by atoms with E-state index < -0.39 is 0 Å². The molecule has 2 rings (SSSR count). The van der Waals surface area contributed by atoms with E-state index in [-0.39, 0.29) is 8.77 Å². The van der Waals surface area contributed by atoms with E-state index in [0.29, 0.717) is 6.42 Å². The van der Waals surface area contributed by atoms with Crippen LogP contribution in [0.4, 0.5) is 5.69 Å². The number of nitrogens with zero attached hydrogens (tertiary/aromatic N) is 1. The lowest BCUT2D eigenvalue weighted by Crippen LogP contribution is -1.97. The normalized spacial score (nSPS) is 9.67. The number of hydrogen-bond acceptors (Lipinski definition) is 4. The first-order chi connectivity index (χ1) is 16.2. The molecule has 1 heterocycles. The number of nitrogens with two attached hydrogens (primary N) is 1. The topological polar surface area (TPSA) is 68.0 Å². The fourth-order valence-corrected chi connectivity index (χ4v) is 2.14. The van der Waals surface area contributed by atoms with Crippen LogP contribution >= 0.6 is 0 Å². The number of aldehydes is 1. The molecule has 3 N–H and O–H groups in total. The van der Waals surface area contributed by atoms with E-state index in [2.05, 4.69) is 50.0 Å². The summed E-state index contributed by atoms with van der Waals surface area (Å²) in [7, 11) is 1.50. The number of aromatic nitrogens is 1. The minimum atomic E-state index is -0.121. The zero-order valence-corrected chi connectivity index (χ0v) is 21.8. The molecule has 4 nitrogen and oxygen atoms in total. The molecule has 33 heavy (non-hydrogen) atoms. The predicted octanol–water partition coefficient (Wildman–Crippen LogP) is 8.55. The van der Waals surface area contributed by atoms with Crippen molar-refractivity contribution in [2.75, 3.05) is 12.4 Å². The molecule has 0 saturated carbocycles. The molecule has 0 spiro atoms. The summed E-state index contributed by atoms with van der Waals surface area (Å²) in [4.78, 5) is 14.9. The summed E-state index contributed by atoms with van der Waals surface area (Å²) >= 11 is 0. The molecular formula is C29H51N3O. The van der Waals surface area contributed by atoms with Crippen LogP contribution in [-0.4, -0.2) is 18.3 Å². The molecule has 1 atom stereocenters. The van der Waals surface area contributed by atoms with E-state index in [1.807, 2.05) is 68.6 Å². The molecule has 4 heteroatoms. The maximum Gasteiger partial charge on any atom is 0.127 e. The molecule has 0 amide bonds. The molecule has 0 radical (unpaired) electrons. The van der Waals surface area contributed by atoms with E-state index in [1.165, 1.54) is 19.9 Å². The minimum absolute atomic E-state index is 0. The van der Waals surface area contributed by atoms with Gasteiger partial charge in [0.15, 0.2) is 0 Å². The second kappa shape index (κ2) is 29.0. The van der Waals surface area contributed by atoms with Crippen LogP contribution in [0.2, 0.25) is 0 Å². The molecule has 188 valence electrons. The Hall–Kier alpha value is -2.98. The molecule has 0 saturated heterocycles. The molecular weight excluding hydrogens is 406 g/mol. The van der Waals surface area contributed by atoms with Gasteiger partial charge in [0.1, 0.15) is 6.29 Å². The molecule has 0 aliphatic carbocycles. The van der Waals surface area contributed by atoms with Gasteiger partial charge in [0.2, 0.25) is 0 Å². The molecule has 2 aromatic rings. The van der Waals surface area contributed by atoms with E-state index in [1.54, 1.807) is 18.5 Å². The van der Waals surface area contributed by atoms with Crippen LogP contribution in [-0.2, 0) is 4.79 Å². The first-order valence-corrected chi connectivity index (χ1v) is 11.8. The van der Waals surface area contributed by atoms with Gasteiger partial charge in [-0.3, -0.25) is 4.98 Å². The summed E-state index contributed by atoms with van der Waals surface area (Å²) in [6, 6.07) is 12.0. The Labute approximate surface area is 206 Å². The van der Waals surface area contributed by atoms with Gasteiger partial charge in [-0.05, 0) is 55.4 Å². The highest BCUT2D eigenvalue weighted by Crippen LogP contribution is 2.20. The van der Waals surface area contributed by atoms with Gasteiger partial charge in [0.25, 0.3) is 0 Å². The van der Waals surface area contributed by atoms with Crippen molar-refractivity contribution in [3.8, 4) is 11.1 Å². The number of carbonyl (C=O) groups is 1. The molecule has 0 fully saturated rings. The second-order valence-corrected chi connectivity index (χ2v) is 6.43. The van der Waals surface area contributed by atoms with Crippen molar-refractivity contribution in [1.29, 1.82) is 0 Å². The predicted molar refractivity (Wildman–Crippen MR) is 154 cm³/mol. The van der Waals surface area contributed by atoms with Gasteiger partial charge >= 0.3 is 0 Å². The summed E-state index contributed by atoms with van der Waals surface area (Å²) in [5, 5.41) is 3.16. The van der Waals surface area contributed by atoms with Gasteiger partial charge in [-0.15, -0.1) is 13.2 Å². The Bertz CT molecular complexity index is 706. The Morgan fingerprint density at radius 1 is 1.03 bits per heavy atom. The van der Waals surface area contributed by atoms with Crippen LogP contribution in [0.15, 0.2) is 86.4 Å². The third-order valence-electron chi connectivity index (χ3n) is 3.58. The highest BCUT2D eigenvalue weighted by molar-refractivity contribution is 5.65. The first-order valence-electron chi connectivity index (χ1n) is 11.8. The van der Waals surface area contributed by atoms with E-state index in [9.17, 15) is 4.79 Å². The Balaban J connectivity index is -0.000000183. The fourth-order valence-electron chi connectivity index (χ4n) is 2.14. The molecule has 1 unspecified atom stereocenters. The summed E-state index contributed by atoms with van der Waals surface area (Å²) in [6.45, 7) is 17.6. The van der Waals surface area contributed by atoms with Gasteiger partial charge < -0.3 is 15.8 Å². The van der Waals surface area contributed by atoms with Crippen molar-refractivity contribution in [1.82, 2.24) is 4.98 Å². The number of allylic oxidation sites excluding steroid dienone is 3. The SMILES string of the molecule is C=CCC(C=O)/C=C/Nc1ccc(-c2cccnc2)cc1.C=CCCC.CC.CCC.CN.[HH].[HH]. The largest absolute Gasteiger partial charge is 0.362 e. The van der Waals surface area contributed by atoms with Crippen LogP contribution in [0.1, 0.15) is 63.2 Å². The maximum atomic E-state index is 10.8. The van der Waals surface area contributed by atoms with Crippen LogP contribution in [0, 0.1) is 5.92 Å². The third-order valence-corrected chi connectivity index (χ3v) is 3.58. The number of carbonyl (C=O) groups excluding carboxylic acids is 1. The zero-order valence-electron chi connectivity index (χ0n) is 21.8. The summed E-state index contributed by atoms with van der Waals surface area (Å²) < 4.78 is 0. The number of pyridine rings is 1. The van der Waals surface area contributed by atoms with Gasteiger partial charge in [-0.25, -0.2) is 0 Å². The van der Waals surface area contributed by atoms with Crippen molar-refractivity contribution >= 4 is 12.0 Å². The van der Waals surface area contributed by atoms with Crippen LogP contribution < -0.4 is 11.1 Å². The standard InChI is InChI=1S/C18H18N2O.C5H10.C3H8.C2H6.CH5N.2H2/c1-2-4-15(14-21)10-12-20-18-8-6-16(7-9-18)17-5-3-11-19-13-17;1-3-5-4-2;1-3-2;2*1-2;;/h2-3,5-15,20H,1,4H2;3H,1,4-5H2,2H3;3H2,1-2H3;1-2H3;2H2,1H3;2*1H/b12-10+;;;;;;. The van der Waals surface area contributed by atoms with Gasteiger partial charge in [0.05, 0.1) is 0 Å². The quantitative estimate of drug-likeness (QED) is 0.292. The lowest BCUT2D eigenvalue weighted by molar-refractivity contribution is -0.109. The number of nitrogens with one attached hydrogen (secondary N) is 1. The number of benzene rings is 1. The van der Waals surface area contributed by atoms with Crippen molar-refractivity contribution in [2.24, 2.45) is 11.7 Å². The number of anilines is 1. The highest BCUT2D eigenvalue weighted by atomic mass is 16.1. The first kappa shape index (κ1) is 34.6. The van der Waals surface area contributed by atoms with Gasteiger partial charge in [-0.2, -0.15) is 0 Å². The average Bonchev–Trinajstić information content (AvgIpc) is 2.88. The fraction of sp³-hybridized carbons (Fsp3) is 0.379. The van der Waals surface area contributed by atoms with Crippen molar-refractivity contribution in [3.63, 3.8) is 0 Å². The van der Waals surface area contributed by atoms with Crippen molar-refractivity contribution in [3.05, 3.63) is 86.4 Å². The number of rotatable bonds is 9. The molecule has 0 aliphatic rings. The number of unbranched alkanes of at least 4 members (excludes halogenated alkanes) is 1. The second-order valence-electron chi connectivity index (χ2n) is 6.43. The molecule has 1 aromatic carbocycles. The monoisotopic (exact) mass is 457 g/mol. The Kier molecular flexibility index (Phi) is 30.5. The third kappa shape index (κ3) is 20.7. The van der Waals surface area contributed by atoms with Crippen molar-refractivity contribution in [2.45, 2.75) is 60.3 Å². The molecule has 0 bridgehead atoms. The van der Waals surface area contributed by atoms with E-state index in [4.69, 9.17) is 0 Å². The van der Waals surface area contributed by atoms with Gasteiger partial charge in [0, 0.05) is 26.9 Å². The van der Waals surface area contributed by atoms with Crippen LogP contribution in [0.3, 0.4) is 0 Å². The lowest BCUT2D eigenvalue weighted by Gasteiger charge is -2.05. The Morgan fingerprint density at radius 3 is 2.03 bits per heavy atom. The van der Waals surface area contributed by atoms with Crippen molar-refractivity contribution < 1.29 is 7.65 Å². The zero-order chi connectivity index (χ0) is 25.7. The summed E-state index contributed by atoms with van der Waals surface area (Å²) in [6.07, 6.45) is 16.1. The highest BCUT2D eigenvalue weighted by Gasteiger charge is 1.99. The smallest absolute Gasteiger partial charge is 0.127 e. The van der Waals surface area contributed by atoms with Crippen LogP contribution in [0.5, 0.6) is 0 Å². The van der Waals surface area contributed by atoms with E-state index in [0.717, 1.165) is 29.5 Å². The summed E-state index contributed by atoms with van der Waals surface area (Å²) in [5.41, 5.74) is 7.68. The van der Waals surface area contributed by atoms with Crippen LogP contribution in [0.25, 0.3) is 11.1 Å². The molecule has 0 aliphatic heterocycles.